The lowest BCUT2D eigenvalue weighted by Crippen LogP contribution is -2.35. The third-order valence-corrected chi connectivity index (χ3v) is 3.73. The second-order valence-electron chi connectivity index (χ2n) is 6.24. The van der Waals surface area contributed by atoms with E-state index in [-0.39, 0.29) is 18.5 Å². The molecule has 1 saturated heterocycles. The first-order chi connectivity index (χ1) is 10.4. The predicted molar refractivity (Wildman–Crippen MR) is 84.9 cm³/mol. The molecule has 2 rings (SSSR count). The van der Waals surface area contributed by atoms with Gasteiger partial charge in [0, 0.05) is 0 Å². The summed E-state index contributed by atoms with van der Waals surface area (Å²) in [6.07, 6.45) is 0.666. The summed E-state index contributed by atoms with van der Waals surface area (Å²) in [5, 5.41) is 2.74. The second-order valence-corrected chi connectivity index (χ2v) is 6.24. The first-order valence-electron chi connectivity index (χ1n) is 7.70. The summed E-state index contributed by atoms with van der Waals surface area (Å²) in [5.41, 5.74) is 2.16. The van der Waals surface area contributed by atoms with E-state index in [0.29, 0.717) is 18.9 Å². The summed E-state index contributed by atoms with van der Waals surface area (Å²) in [6, 6.07) is 5.27. The van der Waals surface area contributed by atoms with Crippen LogP contribution in [0.15, 0.2) is 18.2 Å². The first-order valence-corrected chi connectivity index (χ1v) is 7.70. The van der Waals surface area contributed by atoms with Crippen molar-refractivity contribution in [3.63, 3.8) is 0 Å². The fourth-order valence-electron chi connectivity index (χ4n) is 2.53. The van der Waals surface area contributed by atoms with Crippen molar-refractivity contribution < 1.29 is 14.3 Å². The van der Waals surface area contributed by atoms with Crippen LogP contribution in [0.3, 0.4) is 0 Å². The number of carbonyl (C=O) groups is 2. The molecule has 1 N–H and O–H groups in total. The smallest absolute Gasteiger partial charge is 0.324 e. The van der Waals surface area contributed by atoms with Crippen molar-refractivity contribution >= 4 is 11.9 Å². The summed E-state index contributed by atoms with van der Waals surface area (Å²) in [5.74, 6) is 1.01. The molecule has 0 bridgehead atoms. The normalized spacial score (nSPS) is 18.0. The van der Waals surface area contributed by atoms with Crippen LogP contribution in [0.4, 0.5) is 4.79 Å². The van der Waals surface area contributed by atoms with Crippen LogP contribution in [0.2, 0.25) is 0 Å². The van der Waals surface area contributed by atoms with Crippen LogP contribution >= 0.6 is 0 Å². The lowest BCUT2D eigenvalue weighted by molar-refractivity contribution is -0.128. The number of rotatable bonds is 6. The fraction of sp³-hybridized carbons (Fsp3) is 0.529. The van der Waals surface area contributed by atoms with Crippen molar-refractivity contribution in [2.45, 2.75) is 40.2 Å². The zero-order chi connectivity index (χ0) is 16.3. The number of nitrogens with one attached hydrogen (secondary N) is 1. The number of imide groups is 1. The highest BCUT2D eigenvalue weighted by Gasteiger charge is 2.37. The van der Waals surface area contributed by atoms with Crippen LogP contribution in [-0.2, 0) is 4.79 Å². The molecule has 1 aliphatic heterocycles. The second kappa shape index (κ2) is 6.81. The van der Waals surface area contributed by atoms with E-state index >= 15 is 0 Å². The molecule has 0 spiro atoms. The molecule has 1 aromatic rings. The Balaban J connectivity index is 1.90. The van der Waals surface area contributed by atoms with Gasteiger partial charge in [-0.25, -0.2) is 4.79 Å². The van der Waals surface area contributed by atoms with Crippen LogP contribution in [0.25, 0.3) is 0 Å². The number of nitrogens with zero attached hydrogens (tertiary/aromatic N) is 1. The predicted octanol–water partition coefficient (Wildman–Crippen LogP) is 2.65. The lowest BCUT2D eigenvalue weighted by atomic mass is 10.0. The number of amides is 3. The maximum absolute atomic E-state index is 12.2. The molecule has 0 aliphatic carbocycles. The highest BCUT2D eigenvalue weighted by atomic mass is 16.5. The number of urea groups is 1. The van der Waals surface area contributed by atoms with E-state index in [1.165, 1.54) is 4.90 Å². The summed E-state index contributed by atoms with van der Waals surface area (Å²) >= 11 is 0. The third-order valence-electron chi connectivity index (χ3n) is 3.73. The van der Waals surface area contributed by atoms with E-state index in [0.717, 1.165) is 16.9 Å². The van der Waals surface area contributed by atoms with Gasteiger partial charge in [0.05, 0.1) is 6.54 Å². The molecule has 5 heteroatoms. The van der Waals surface area contributed by atoms with E-state index < -0.39 is 6.04 Å². The highest BCUT2D eigenvalue weighted by Crippen LogP contribution is 2.19. The molecule has 0 radical (unpaired) electrons. The average molecular weight is 304 g/mol. The summed E-state index contributed by atoms with van der Waals surface area (Å²) in [6.45, 7) is 8.61. The van der Waals surface area contributed by atoms with Crippen LogP contribution in [-0.4, -0.2) is 36.0 Å². The van der Waals surface area contributed by atoms with Crippen molar-refractivity contribution in [2.75, 3.05) is 13.2 Å². The third kappa shape index (κ3) is 3.78. The monoisotopic (exact) mass is 304 g/mol. The molecule has 1 heterocycles. The Labute approximate surface area is 131 Å². The molecular formula is C17H24N2O3. The number of hydrogen-bond donors (Lipinski definition) is 1. The van der Waals surface area contributed by atoms with Gasteiger partial charge in [-0.15, -0.1) is 0 Å². The molecule has 1 aliphatic rings. The number of aryl methyl sites for hydroxylation is 2. The quantitative estimate of drug-likeness (QED) is 0.822. The molecule has 1 aromatic carbocycles. The topological polar surface area (TPSA) is 58.6 Å². The Morgan fingerprint density at radius 2 is 2.00 bits per heavy atom. The molecule has 1 unspecified atom stereocenters. The summed E-state index contributed by atoms with van der Waals surface area (Å²) < 4.78 is 5.72. The van der Waals surface area contributed by atoms with Gasteiger partial charge in [0.1, 0.15) is 18.4 Å². The molecule has 3 amide bonds. The Morgan fingerprint density at radius 3 is 2.68 bits per heavy atom. The highest BCUT2D eigenvalue weighted by molar-refractivity contribution is 6.04. The minimum atomic E-state index is -0.395. The van der Waals surface area contributed by atoms with Gasteiger partial charge in [-0.1, -0.05) is 26.0 Å². The maximum atomic E-state index is 12.2. The molecule has 1 atom stereocenters. The Kier molecular flexibility index (Phi) is 5.06. The number of ether oxygens (including phenoxy) is 1. The Morgan fingerprint density at radius 1 is 1.27 bits per heavy atom. The number of hydrogen-bond acceptors (Lipinski definition) is 3. The molecule has 120 valence electrons. The minimum Gasteiger partial charge on any atom is -0.491 e. The van der Waals surface area contributed by atoms with E-state index in [4.69, 9.17) is 4.74 Å². The van der Waals surface area contributed by atoms with Crippen molar-refractivity contribution in [3.05, 3.63) is 29.3 Å². The van der Waals surface area contributed by atoms with Crippen LogP contribution < -0.4 is 10.1 Å². The Bertz CT molecular complexity index is 569. The van der Waals surface area contributed by atoms with E-state index in [1.807, 2.05) is 45.9 Å². The summed E-state index contributed by atoms with van der Waals surface area (Å²) in [7, 11) is 0. The minimum absolute atomic E-state index is 0.150. The number of benzene rings is 1. The zero-order valence-electron chi connectivity index (χ0n) is 13.7. The standard InChI is InChI=1S/C17H24N2O3/c1-11(2)9-14-16(20)19(17(21)18-14)7-8-22-15-10-12(3)5-6-13(15)4/h5-6,10-11,14H,7-9H2,1-4H3,(H,18,21). The first kappa shape index (κ1) is 16.3. The SMILES string of the molecule is Cc1ccc(C)c(OCCN2C(=O)NC(CC(C)C)C2=O)c1. The van der Waals surface area contributed by atoms with Gasteiger partial charge in [0.25, 0.3) is 5.91 Å². The molecule has 5 nitrogen and oxygen atoms in total. The molecule has 22 heavy (non-hydrogen) atoms. The van der Waals surface area contributed by atoms with Gasteiger partial charge >= 0.3 is 6.03 Å². The van der Waals surface area contributed by atoms with Crippen molar-refractivity contribution in [1.29, 1.82) is 0 Å². The van der Waals surface area contributed by atoms with Gasteiger partial charge in [0.2, 0.25) is 0 Å². The summed E-state index contributed by atoms with van der Waals surface area (Å²) in [4.78, 5) is 25.3. The van der Waals surface area contributed by atoms with E-state index in [1.54, 1.807) is 0 Å². The van der Waals surface area contributed by atoms with E-state index in [9.17, 15) is 9.59 Å². The van der Waals surface area contributed by atoms with Crippen LogP contribution in [0.5, 0.6) is 5.75 Å². The molecule has 0 aromatic heterocycles. The van der Waals surface area contributed by atoms with Gasteiger partial charge < -0.3 is 10.1 Å². The lowest BCUT2D eigenvalue weighted by Gasteiger charge is -2.15. The van der Waals surface area contributed by atoms with E-state index in [2.05, 4.69) is 5.32 Å². The maximum Gasteiger partial charge on any atom is 0.324 e. The average Bonchev–Trinajstić information content (AvgIpc) is 2.69. The van der Waals surface area contributed by atoms with Crippen molar-refractivity contribution in [2.24, 2.45) is 5.92 Å². The van der Waals surface area contributed by atoms with Crippen molar-refractivity contribution in [1.82, 2.24) is 10.2 Å². The van der Waals surface area contributed by atoms with Gasteiger partial charge in [0.15, 0.2) is 0 Å². The fourth-order valence-corrected chi connectivity index (χ4v) is 2.53. The zero-order valence-corrected chi connectivity index (χ0v) is 13.7. The van der Waals surface area contributed by atoms with Crippen molar-refractivity contribution in [3.8, 4) is 5.75 Å². The van der Waals surface area contributed by atoms with Gasteiger partial charge in [-0.3, -0.25) is 9.69 Å². The molecular weight excluding hydrogens is 280 g/mol. The van der Waals surface area contributed by atoms with Gasteiger partial charge in [-0.05, 0) is 43.4 Å². The van der Waals surface area contributed by atoms with Crippen LogP contribution in [0, 0.1) is 19.8 Å². The van der Waals surface area contributed by atoms with Crippen LogP contribution in [0.1, 0.15) is 31.4 Å². The molecule has 1 fully saturated rings. The van der Waals surface area contributed by atoms with Gasteiger partial charge in [-0.2, -0.15) is 0 Å². The Hall–Kier alpha value is -2.04. The largest absolute Gasteiger partial charge is 0.491 e. The number of carbonyl (C=O) groups excluding carboxylic acids is 2. The molecule has 0 saturated carbocycles.